The minimum absolute atomic E-state index is 0.873. The third-order valence-corrected chi connectivity index (χ3v) is 6.08. The van der Waals surface area contributed by atoms with Gasteiger partial charge in [0.05, 0.1) is 0 Å². The molecular weight excluding hydrogens is 254 g/mol. The summed E-state index contributed by atoms with van der Waals surface area (Å²) in [7, 11) is 0. The van der Waals surface area contributed by atoms with Crippen molar-refractivity contribution >= 4 is 0 Å². The van der Waals surface area contributed by atoms with E-state index in [2.05, 4.69) is 35.6 Å². The Hall–Kier alpha value is -0.820. The van der Waals surface area contributed by atoms with E-state index in [-0.39, 0.29) is 0 Å². The SMILES string of the molecule is c1ccc(C2CC2C2CCCCCC2CNC2CC2)cc1. The maximum absolute atomic E-state index is 3.82. The van der Waals surface area contributed by atoms with Gasteiger partial charge in [0, 0.05) is 6.04 Å². The third kappa shape index (κ3) is 3.34. The minimum atomic E-state index is 0.873. The van der Waals surface area contributed by atoms with Gasteiger partial charge in [-0.05, 0) is 67.9 Å². The van der Waals surface area contributed by atoms with Crippen LogP contribution in [0.4, 0.5) is 0 Å². The lowest BCUT2D eigenvalue weighted by Crippen LogP contribution is -2.30. The van der Waals surface area contributed by atoms with Crippen LogP contribution < -0.4 is 5.32 Å². The van der Waals surface area contributed by atoms with Crippen LogP contribution in [0.5, 0.6) is 0 Å². The first-order valence-electron chi connectivity index (χ1n) is 9.20. The van der Waals surface area contributed by atoms with Crippen molar-refractivity contribution in [3.63, 3.8) is 0 Å². The molecule has 0 amide bonds. The lowest BCUT2D eigenvalue weighted by molar-refractivity contribution is 0.263. The Morgan fingerprint density at radius 3 is 2.48 bits per heavy atom. The zero-order valence-corrected chi connectivity index (χ0v) is 13.1. The van der Waals surface area contributed by atoms with Gasteiger partial charge < -0.3 is 5.32 Å². The summed E-state index contributed by atoms with van der Waals surface area (Å²) in [6.07, 6.45) is 11.7. The Bertz CT molecular complexity index is 450. The summed E-state index contributed by atoms with van der Waals surface area (Å²) in [5.74, 6) is 3.80. The van der Waals surface area contributed by atoms with Gasteiger partial charge in [-0.25, -0.2) is 0 Å². The summed E-state index contributed by atoms with van der Waals surface area (Å²) < 4.78 is 0. The van der Waals surface area contributed by atoms with Gasteiger partial charge in [-0.2, -0.15) is 0 Å². The Morgan fingerprint density at radius 2 is 1.67 bits per heavy atom. The zero-order chi connectivity index (χ0) is 14.1. The Morgan fingerprint density at radius 1 is 0.857 bits per heavy atom. The van der Waals surface area contributed by atoms with E-state index >= 15 is 0 Å². The molecule has 0 aliphatic heterocycles. The third-order valence-electron chi connectivity index (χ3n) is 6.08. The Kier molecular flexibility index (Phi) is 4.03. The van der Waals surface area contributed by atoms with E-state index in [9.17, 15) is 0 Å². The van der Waals surface area contributed by atoms with E-state index in [0.717, 1.165) is 29.7 Å². The number of hydrogen-bond donors (Lipinski definition) is 1. The lowest BCUT2D eigenvalue weighted by atomic mass is 9.82. The van der Waals surface area contributed by atoms with Crippen LogP contribution in [0.3, 0.4) is 0 Å². The van der Waals surface area contributed by atoms with Gasteiger partial charge in [-0.1, -0.05) is 49.6 Å². The van der Waals surface area contributed by atoms with Crippen LogP contribution in [0.25, 0.3) is 0 Å². The highest BCUT2D eigenvalue weighted by molar-refractivity contribution is 5.26. The number of rotatable bonds is 5. The first-order valence-corrected chi connectivity index (χ1v) is 9.20. The highest BCUT2D eigenvalue weighted by Crippen LogP contribution is 2.56. The number of nitrogens with one attached hydrogen (secondary N) is 1. The highest BCUT2D eigenvalue weighted by Gasteiger charge is 2.46. The second kappa shape index (κ2) is 6.12. The van der Waals surface area contributed by atoms with Crippen molar-refractivity contribution in [3.8, 4) is 0 Å². The van der Waals surface area contributed by atoms with Crippen molar-refractivity contribution in [1.29, 1.82) is 0 Å². The summed E-state index contributed by atoms with van der Waals surface area (Å²) in [6, 6.07) is 12.1. The molecule has 1 aromatic rings. The van der Waals surface area contributed by atoms with Crippen LogP contribution in [0.2, 0.25) is 0 Å². The molecule has 3 aliphatic carbocycles. The van der Waals surface area contributed by atoms with E-state index in [0.29, 0.717) is 0 Å². The van der Waals surface area contributed by atoms with Crippen molar-refractivity contribution in [1.82, 2.24) is 5.32 Å². The molecule has 1 heteroatoms. The van der Waals surface area contributed by atoms with Crippen LogP contribution in [0.15, 0.2) is 30.3 Å². The molecule has 4 atom stereocenters. The molecule has 1 nitrogen and oxygen atoms in total. The minimum Gasteiger partial charge on any atom is -0.314 e. The maximum Gasteiger partial charge on any atom is 0.00683 e. The van der Waals surface area contributed by atoms with Gasteiger partial charge >= 0.3 is 0 Å². The molecule has 1 aromatic carbocycles. The fourth-order valence-electron chi connectivity index (χ4n) is 4.61. The molecule has 0 heterocycles. The molecule has 4 rings (SSSR count). The smallest absolute Gasteiger partial charge is 0.00683 e. The van der Waals surface area contributed by atoms with Crippen LogP contribution in [0.1, 0.15) is 62.8 Å². The standard InChI is InChI=1S/C20H29N/c1-3-7-15(8-4-1)19-13-20(19)18-10-6-2-5-9-16(18)14-21-17-11-12-17/h1,3-4,7-8,16-21H,2,5-6,9-14H2. The van der Waals surface area contributed by atoms with E-state index in [1.807, 2.05) is 0 Å². The second-order valence-electron chi connectivity index (χ2n) is 7.66. The summed E-state index contributed by atoms with van der Waals surface area (Å²) in [5.41, 5.74) is 1.60. The van der Waals surface area contributed by atoms with E-state index < -0.39 is 0 Å². The predicted octanol–water partition coefficient (Wildman–Crippen LogP) is 4.74. The molecule has 0 saturated heterocycles. The molecule has 0 bridgehead atoms. The fourth-order valence-corrected chi connectivity index (χ4v) is 4.61. The fraction of sp³-hybridized carbons (Fsp3) is 0.700. The van der Waals surface area contributed by atoms with Crippen molar-refractivity contribution in [2.75, 3.05) is 6.54 Å². The van der Waals surface area contributed by atoms with Crippen LogP contribution in [0, 0.1) is 17.8 Å². The molecule has 4 unspecified atom stereocenters. The van der Waals surface area contributed by atoms with Gasteiger partial charge in [0.25, 0.3) is 0 Å². The van der Waals surface area contributed by atoms with Crippen molar-refractivity contribution in [3.05, 3.63) is 35.9 Å². The molecule has 3 saturated carbocycles. The van der Waals surface area contributed by atoms with E-state index in [1.54, 1.807) is 5.56 Å². The van der Waals surface area contributed by atoms with Gasteiger partial charge in [0.1, 0.15) is 0 Å². The molecule has 3 aliphatic rings. The molecule has 0 spiro atoms. The van der Waals surface area contributed by atoms with Crippen LogP contribution in [-0.4, -0.2) is 12.6 Å². The molecule has 114 valence electrons. The second-order valence-corrected chi connectivity index (χ2v) is 7.66. The quantitative estimate of drug-likeness (QED) is 0.770. The lowest BCUT2D eigenvalue weighted by Gasteiger charge is -2.26. The monoisotopic (exact) mass is 283 g/mol. The van der Waals surface area contributed by atoms with Crippen LogP contribution >= 0.6 is 0 Å². The first-order chi connectivity index (χ1) is 10.4. The molecular formula is C20H29N. The molecule has 0 radical (unpaired) electrons. The largest absolute Gasteiger partial charge is 0.314 e. The van der Waals surface area contributed by atoms with Crippen molar-refractivity contribution in [2.24, 2.45) is 17.8 Å². The number of hydrogen-bond acceptors (Lipinski definition) is 1. The summed E-state index contributed by atoms with van der Waals surface area (Å²) >= 11 is 0. The number of benzene rings is 1. The molecule has 3 fully saturated rings. The average molecular weight is 283 g/mol. The predicted molar refractivity (Wildman–Crippen MR) is 88.4 cm³/mol. The zero-order valence-electron chi connectivity index (χ0n) is 13.1. The molecule has 1 N–H and O–H groups in total. The first kappa shape index (κ1) is 13.8. The van der Waals surface area contributed by atoms with Crippen LogP contribution in [-0.2, 0) is 0 Å². The van der Waals surface area contributed by atoms with Crippen molar-refractivity contribution < 1.29 is 0 Å². The Labute approximate surface area is 129 Å². The van der Waals surface area contributed by atoms with Gasteiger partial charge in [-0.3, -0.25) is 0 Å². The summed E-state index contributed by atoms with van der Waals surface area (Å²) in [5, 5.41) is 3.82. The van der Waals surface area contributed by atoms with Gasteiger partial charge in [0.15, 0.2) is 0 Å². The topological polar surface area (TPSA) is 12.0 Å². The normalized spacial score (nSPS) is 36.2. The van der Waals surface area contributed by atoms with Crippen molar-refractivity contribution in [2.45, 2.75) is 63.3 Å². The summed E-state index contributed by atoms with van der Waals surface area (Å²) in [4.78, 5) is 0. The highest BCUT2D eigenvalue weighted by atomic mass is 14.9. The van der Waals surface area contributed by atoms with Gasteiger partial charge in [-0.15, -0.1) is 0 Å². The molecule has 0 aromatic heterocycles. The maximum atomic E-state index is 3.82. The van der Waals surface area contributed by atoms with E-state index in [1.165, 1.54) is 57.9 Å². The average Bonchev–Trinajstić information content (AvgIpc) is 3.41. The van der Waals surface area contributed by atoms with Gasteiger partial charge in [0.2, 0.25) is 0 Å². The summed E-state index contributed by atoms with van der Waals surface area (Å²) in [6.45, 7) is 1.30. The molecule has 21 heavy (non-hydrogen) atoms. The van der Waals surface area contributed by atoms with E-state index in [4.69, 9.17) is 0 Å². The Balaban J connectivity index is 1.41.